The molecule has 0 aliphatic carbocycles. The van der Waals surface area contributed by atoms with Crippen LogP contribution in [0.25, 0.3) is 0 Å². The van der Waals surface area contributed by atoms with Crippen molar-refractivity contribution >= 4 is 22.1 Å². The topological polar surface area (TPSA) is 122 Å². The second-order valence-electron chi connectivity index (χ2n) is 13.9. The zero-order chi connectivity index (χ0) is 31.4. The van der Waals surface area contributed by atoms with Crippen molar-refractivity contribution in [3.63, 3.8) is 0 Å². The van der Waals surface area contributed by atoms with Crippen molar-refractivity contribution in [1.82, 2.24) is 0 Å². The molecule has 0 spiro atoms. The molecular formula is C32H55NO7S. The van der Waals surface area contributed by atoms with Crippen molar-refractivity contribution in [3.8, 4) is 11.5 Å². The summed E-state index contributed by atoms with van der Waals surface area (Å²) in [7, 11) is -3.84. The molecule has 9 heteroatoms. The highest BCUT2D eigenvalue weighted by atomic mass is 32.2. The van der Waals surface area contributed by atoms with Gasteiger partial charge in [-0.25, -0.2) is 0 Å². The predicted octanol–water partition coefficient (Wildman–Crippen LogP) is 7.49. The van der Waals surface area contributed by atoms with Gasteiger partial charge in [0.1, 0.15) is 6.10 Å². The standard InChI is InChI=1S/C32H55NO7S/c1-23(2)29(33)30(40-41(9,36)37)24-18-19-25(38-27(34)16-12-10-14-20-31(3,4)5)26(22-24)39-28(35)17-13-11-15-21-32(6,7)8/h18-19,22-23,29-30H,10-17,20-21,33H2,1-9H3. The Kier molecular flexibility index (Phi) is 15.0. The number of benzene rings is 1. The zero-order valence-corrected chi connectivity index (χ0v) is 27.7. The van der Waals surface area contributed by atoms with Crippen LogP contribution in [0.2, 0.25) is 0 Å². The molecule has 0 aromatic heterocycles. The molecule has 0 amide bonds. The Labute approximate surface area is 249 Å². The number of carbonyl (C=O) groups is 2. The maximum absolute atomic E-state index is 12.8. The predicted molar refractivity (Wildman–Crippen MR) is 164 cm³/mol. The summed E-state index contributed by atoms with van der Waals surface area (Å²) in [5.41, 5.74) is 7.23. The largest absolute Gasteiger partial charge is 0.423 e. The first kappa shape index (κ1) is 37.1. The van der Waals surface area contributed by atoms with Gasteiger partial charge in [-0.15, -0.1) is 0 Å². The normalized spacial score (nSPS) is 14.1. The highest BCUT2D eigenvalue weighted by Crippen LogP contribution is 2.35. The fourth-order valence-corrected chi connectivity index (χ4v) is 4.91. The van der Waals surface area contributed by atoms with Gasteiger partial charge in [0.15, 0.2) is 11.5 Å². The maximum atomic E-state index is 12.8. The van der Waals surface area contributed by atoms with Crippen molar-refractivity contribution in [2.24, 2.45) is 22.5 Å². The Morgan fingerprint density at radius 3 is 1.66 bits per heavy atom. The van der Waals surface area contributed by atoms with Crippen molar-refractivity contribution in [2.45, 2.75) is 132 Å². The molecule has 0 fully saturated rings. The molecule has 2 unspecified atom stereocenters. The van der Waals surface area contributed by atoms with E-state index in [-0.39, 0.29) is 41.1 Å². The van der Waals surface area contributed by atoms with E-state index in [1.165, 1.54) is 12.1 Å². The van der Waals surface area contributed by atoms with E-state index < -0.39 is 34.2 Å². The molecule has 0 aliphatic heterocycles. The van der Waals surface area contributed by atoms with Gasteiger partial charge in [-0.3, -0.25) is 13.8 Å². The van der Waals surface area contributed by atoms with Gasteiger partial charge in [0.05, 0.1) is 6.26 Å². The number of carbonyl (C=O) groups excluding carboxylic acids is 2. The van der Waals surface area contributed by atoms with Crippen LogP contribution in [-0.4, -0.2) is 32.7 Å². The highest BCUT2D eigenvalue weighted by molar-refractivity contribution is 7.86. The summed E-state index contributed by atoms with van der Waals surface area (Å²) < 4.78 is 40.7. The van der Waals surface area contributed by atoms with E-state index in [0.717, 1.165) is 44.8 Å². The van der Waals surface area contributed by atoms with Crippen LogP contribution < -0.4 is 15.2 Å². The molecular weight excluding hydrogens is 542 g/mol. The molecule has 2 atom stereocenters. The summed E-state index contributed by atoms with van der Waals surface area (Å²) in [5.74, 6) is -0.828. The third kappa shape index (κ3) is 16.9. The third-order valence-corrected chi connectivity index (χ3v) is 7.31. The Morgan fingerprint density at radius 1 is 0.780 bits per heavy atom. The van der Waals surface area contributed by atoms with Gasteiger partial charge in [0.2, 0.25) is 0 Å². The number of ether oxygens (including phenoxy) is 2. The van der Waals surface area contributed by atoms with Crippen molar-refractivity contribution in [2.75, 3.05) is 6.26 Å². The highest BCUT2D eigenvalue weighted by Gasteiger charge is 2.29. The molecule has 0 aliphatic rings. The lowest BCUT2D eigenvalue weighted by Gasteiger charge is -2.26. The Bertz CT molecular complexity index is 1070. The summed E-state index contributed by atoms with van der Waals surface area (Å²) in [6.07, 6.45) is 7.79. The first-order chi connectivity index (χ1) is 18.8. The van der Waals surface area contributed by atoms with Crippen LogP contribution >= 0.6 is 0 Å². The van der Waals surface area contributed by atoms with Gasteiger partial charge in [-0.05, 0) is 60.1 Å². The first-order valence-corrected chi connectivity index (χ1v) is 16.8. The fraction of sp³-hybridized carbons (Fsp3) is 0.750. The molecule has 8 nitrogen and oxygen atoms in total. The molecule has 1 aromatic carbocycles. The lowest BCUT2D eigenvalue weighted by atomic mass is 9.89. The molecule has 0 bridgehead atoms. The van der Waals surface area contributed by atoms with E-state index >= 15 is 0 Å². The third-order valence-electron chi connectivity index (χ3n) is 6.76. The van der Waals surface area contributed by atoms with Crippen LogP contribution in [0.1, 0.15) is 131 Å². The van der Waals surface area contributed by atoms with Gasteiger partial charge in [-0.2, -0.15) is 8.42 Å². The second kappa shape index (κ2) is 16.6. The molecule has 0 saturated carbocycles. The van der Waals surface area contributed by atoms with Crippen LogP contribution in [0.15, 0.2) is 18.2 Å². The average Bonchev–Trinajstić information content (AvgIpc) is 2.80. The van der Waals surface area contributed by atoms with E-state index in [4.69, 9.17) is 19.4 Å². The van der Waals surface area contributed by atoms with Crippen LogP contribution in [0, 0.1) is 16.7 Å². The van der Waals surface area contributed by atoms with Crippen LogP contribution in [0.5, 0.6) is 11.5 Å². The summed E-state index contributed by atoms with van der Waals surface area (Å²) in [4.78, 5) is 25.4. The molecule has 0 radical (unpaired) electrons. The van der Waals surface area contributed by atoms with E-state index in [1.54, 1.807) is 6.07 Å². The Hall–Kier alpha value is -1.97. The van der Waals surface area contributed by atoms with Gasteiger partial charge in [-0.1, -0.05) is 87.1 Å². The Morgan fingerprint density at radius 2 is 1.24 bits per heavy atom. The van der Waals surface area contributed by atoms with Gasteiger partial charge in [0, 0.05) is 18.9 Å². The summed E-state index contributed by atoms with van der Waals surface area (Å²) in [5, 5.41) is 0. The summed E-state index contributed by atoms with van der Waals surface area (Å²) >= 11 is 0. The van der Waals surface area contributed by atoms with Gasteiger partial charge >= 0.3 is 11.9 Å². The molecule has 1 rings (SSSR count). The van der Waals surface area contributed by atoms with Crippen LogP contribution in [-0.2, 0) is 23.9 Å². The zero-order valence-electron chi connectivity index (χ0n) is 26.9. The number of unbranched alkanes of at least 4 members (excludes halogenated alkanes) is 4. The Balaban J connectivity index is 3.08. The minimum Gasteiger partial charge on any atom is -0.423 e. The first-order valence-electron chi connectivity index (χ1n) is 15.0. The molecule has 2 N–H and O–H groups in total. The minimum atomic E-state index is -3.84. The van der Waals surface area contributed by atoms with Gasteiger partial charge in [0.25, 0.3) is 10.1 Å². The van der Waals surface area contributed by atoms with E-state index in [2.05, 4.69) is 41.5 Å². The van der Waals surface area contributed by atoms with Crippen LogP contribution in [0.3, 0.4) is 0 Å². The number of hydrogen-bond acceptors (Lipinski definition) is 8. The molecule has 0 heterocycles. The number of esters is 2. The monoisotopic (exact) mass is 597 g/mol. The second-order valence-corrected chi connectivity index (χ2v) is 15.5. The number of rotatable bonds is 17. The quantitative estimate of drug-likeness (QED) is 0.0848. The summed E-state index contributed by atoms with van der Waals surface area (Å²) in [6, 6.07) is 3.93. The lowest BCUT2D eigenvalue weighted by Crippen LogP contribution is -2.36. The van der Waals surface area contributed by atoms with E-state index in [9.17, 15) is 18.0 Å². The SMILES string of the molecule is CC(C)C(N)C(OS(C)(=O)=O)c1ccc(OC(=O)CCCCCC(C)(C)C)c(OC(=O)CCCCCC(C)(C)C)c1. The van der Waals surface area contributed by atoms with Crippen molar-refractivity contribution < 1.29 is 31.7 Å². The molecule has 236 valence electrons. The average molecular weight is 598 g/mol. The molecule has 41 heavy (non-hydrogen) atoms. The molecule has 0 saturated heterocycles. The van der Waals surface area contributed by atoms with Crippen LogP contribution in [0.4, 0.5) is 0 Å². The minimum absolute atomic E-state index is 0.0429. The maximum Gasteiger partial charge on any atom is 0.311 e. The van der Waals surface area contributed by atoms with E-state index in [1.807, 2.05) is 13.8 Å². The van der Waals surface area contributed by atoms with Gasteiger partial charge < -0.3 is 15.2 Å². The number of hydrogen-bond donors (Lipinski definition) is 1. The molecule has 1 aromatic rings. The smallest absolute Gasteiger partial charge is 0.311 e. The number of nitrogens with two attached hydrogens (primary N) is 1. The van der Waals surface area contributed by atoms with Crippen molar-refractivity contribution in [1.29, 1.82) is 0 Å². The summed E-state index contributed by atoms with van der Waals surface area (Å²) in [6.45, 7) is 16.9. The fourth-order valence-electron chi connectivity index (χ4n) is 4.30. The van der Waals surface area contributed by atoms with Crippen molar-refractivity contribution in [3.05, 3.63) is 23.8 Å². The lowest BCUT2D eigenvalue weighted by molar-refractivity contribution is -0.137. The van der Waals surface area contributed by atoms with E-state index in [0.29, 0.717) is 18.4 Å².